The van der Waals surface area contributed by atoms with Gasteiger partial charge < -0.3 is 31.5 Å². The molecule has 10 N–H and O–H groups in total. The summed E-state index contributed by atoms with van der Waals surface area (Å²) >= 11 is 0. The number of nitrogens with two attached hydrogens (primary N) is 3. The molecule has 5 rings (SSSR count). The Hall–Kier alpha value is -3.05. The van der Waals surface area contributed by atoms with E-state index in [1.807, 2.05) is 12.1 Å². The first-order valence-corrected chi connectivity index (χ1v) is 10.9. The molecule has 1 aromatic carbocycles. The van der Waals surface area contributed by atoms with Crippen molar-refractivity contribution in [3.63, 3.8) is 0 Å². The second-order valence-electron chi connectivity index (χ2n) is 9.58. The summed E-state index contributed by atoms with van der Waals surface area (Å²) < 4.78 is 5.90. The molecule has 1 spiro atoms. The molecule has 0 radical (unpaired) electrons. The zero-order chi connectivity index (χ0) is 22.8. The Bertz CT molecular complexity index is 1020. The van der Waals surface area contributed by atoms with Gasteiger partial charge in [-0.25, -0.2) is 10.3 Å². The van der Waals surface area contributed by atoms with Crippen LogP contribution >= 0.6 is 0 Å². The number of nitrogens with one attached hydrogen (secondary N) is 3. The summed E-state index contributed by atoms with van der Waals surface area (Å²) in [5.74, 6) is 0.844. The van der Waals surface area contributed by atoms with E-state index in [1.165, 1.54) is 0 Å². The van der Waals surface area contributed by atoms with Gasteiger partial charge in [-0.05, 0) is 17.9 Å². The largest absolute Gasteiger partial charge is 0.492 e. The summed E-state index contributed by atoms with van der Waals surface area (Å²) in [5, 5.41) is 17.5. The van der Waals surface area contributed by atoms with Gasteiger partial charge in [0.05, 0.1) is 18.2 Å². The first-order valence-electron chi connectivity index (χ1n) is 10.9. The monoisotopic (exact) mass is 443 g/mol. The number of hydrogen-bond donors (Lipinski definition) is 7. The van der Waals surface area contributed by atoms with Gasteiger partial charge in [0, 0.05) is 18.7 Å². The van der Waals surface area contributed by atoms with Crippen molar-refractivity contribution >= 4 is 17.8 Å². The van der Waals surface area contributed by atoms with Gasteiger partial charge in [-0.1, -0.05) is 26.0 Å². The molecule has 0 aromatic heterocycles. The number of aliphatic hydroxyl groups excluding tert-OH is 1. The molecule has 4 aliphatic rings. The number of hydrogen-bond acceptors (Lipinski definition) is 9. The smallest absolute Gasteiger partial charge is 0.343 e. The number of carbonyl (C=O) groups excluding carboxylic acids is 1. The van der Waals surface area contributed by atoms with Gasteiger partial charge in [0.1, 0.15) is 17.9 Å². The Kier molecular flexibility index (Phi) is 4.54. The lowest BCUT2D eigenvalue weighted by molar-refractivity contribution is -0.513. The van der Waals surface area contributed by atoms with Crippen LogP contribution in [0, 0.1) is 0 Å². The van der Waals surface area contributed by atoms with Gasteiger partial charge in [-0.2, -0.15) is 0 Å². The minimum atomic E-state index is -1.05. The molecule has 1 amide bonds. The van der Waals surface area contributed by atoms with Gasteiger partial charge in [-0.3, -0.25) is 15.5 Å². The molecule has 0 bridgehead atoms. The lowest BCUT2D eigenvalue weighted by Gasteiger charge is -2.43. The highest BCUT2D eigenvalue weighted by molar-refractivity contribution is 5.98. The van der Waals surface area contributed by atoms with Crippen molar-refractivity contribution in [2.45, 2.75) is 55.6 Å². The number of aliphatic imine (C=N–C) groups is 1. The standard InChI is InChI=1S/C21H30N8O3/c1-20(2)6-7-32-14-10(4-3-5-11(14)20)17(31)25-13-9-29-19(24)26-12(8-22)15-21(29,16(13)30)28-18(23)27-15/h3-5,12-13,15-16,30H,6-9,22H2,1-2H3,(H2,24,26)(H,25,31)(H3,23,27,28)/p+1/t12-,13?,15-,16+,21-/m0/s1. The van der Waals surface area contributed by atoms with E-state index in [4.69, 9.17) is 21.9 Å². The molecule has 1 aromatic rings. The number of rotatable bonds is 3. The average Bonchev–Trinajstić information content (AvgIpc) is 3.24. The molecule has 4 aliphatic heterocycles. The normalized spacial score (nSPS) is 34.3. The fourth-order valence-corrected chi connectivity index (χ4v) is 5.51. The number of carbonyl (C=O) groups is 1. The molecule has 1 saturated heterocycles. The minimum Gasteiger partial charge on any atom is -0.492 e. The fraction of sp³-hybridized carbons (Fsp3) is 0.571. The number of para-hydroxylation sites is 1. The van der Waals surface area contributed by atoms with Crippen LogP contribution in [0.25, 0.3) is 0 Å². The van der Waals surface area contributed by atoms with Crippen molar-refractivity contribution < 1.29 is 19.6 Å². The Morgan fingerprint density at radius 2 is 2.22 bits per heavy atom. The molecule has 11 heteroatoms. The molecule has 5 atom stereocenters. The first kappa shape index (κ1) is 20.8. The number of amides is 1. The summed E-state index contributed by atoms with van der Waals surface area (Å²) in [7, 11) is 0. The summed E-state index contributed by atoms with van der Waals surface area (Å²) in [5.41, 5.74) is 18.5. The molecule has 32 heavy (non-hydrogen) atoms. The SMILES string of the molecule is CC1(C)CCOc2c(C(=O)NC3CN4C(N)=N[C@@H](CN)[C@@H]5[NH+]=C(N)N[C@@]54[C@@H]3O)cccc21. The lowest BCUT2D eigenvalue weighted by Crippen LogP contribution is -2.88. The summed E-state index contributed by atoms with van der Waals surface area (Å²) in [6, 6.07) is 4.21. The van der Waals surface area contributed by atoms with Crippen LogP contribution in [-0.4, -0.2) is 77.4 Å². The van der Waals surface area contributed by atoms with Crippen LogP contribution in [0.5, 0.6) is 5.75 Å². The molecule has 0 aliphatic carbocycles. The number of nitrogens with zero attached hydrogens (tertiary/aromatic N) is 2. The molecule has 0 saturated carbocycles. The Labute approximate surface area is 186 Å². The van der Waals surface area contributed by atoms with Crippen LogP contribution in [0.4, 0.5) is 0 Å². The highest BCUT2D eigenvalue weighted by atomic mass is 16.5. The van der Waals surface area contributed by atoms with Crippen molar-refractivity contribution in [2.24, 2.45) is 22.2 Å². The highest BCUT2D eigenvalue weighted by Gasteiger charge is 2.68. The maximum Gasteiger partial charge on any atom is 0.343 e. The average molecular weight is 444 g/mol. The Balaban J connectivity index is 1.44. The van der Waals surface area contributed by atoms with Crippen molar-refractivity contribution in [3.05, 3.63) is 29.3 Å². The van der Waals surface area contributed by atoms with Gasteiger partial charge in [0.15, 0.2) is 12.0 Å². The van der Waals surface area contributed by atoms with Crippen LogP contribution in [0.2, 0.25) is 0 Å². The molecular weight excluding hydrogens is 412 g/mol. The molecule has 4 heterocycles. The maximum absolute atomic E-state index is 13.3. The third kappa shape index (κ3) is 2.77. The topological polar surface area (TPSA) is 178 Å². The van der Waals surface area contributed by atoms with Gasteiger partial charge in [-0.15, -0.1) is 0 Å². The van der Waals surface area contributed by atoms with Gasteiger partial charge >= 0.3 is 5.96 Å². The number of aliphatic hydroxyl groups is 1. The van der Waals surface area contributed by atoms with Crippen molar-refractivity contribution in [1.29, 1.82) is 0 Å². The van der Waals surface area contributed by atoms with Crippen LogP contribution < -0.4 is 37.6 Å². The maximum atomic E-state index is 13.3. The van der Waals surface area contributed by atoms with E-state index in [2.05, 4.69) is 34.5 Å². The third-order valence-electron chi connectivity index (χ3n) is 7.26. The number of fused-ring (bicyclic) bond motifs is 1. The van der Waals surface area contributed by atoms with Crippen molar-refractivity contribution in [3.8, 4) is 5.75 Å². The molecular formula is C21H31N8O3+. The number of guanidine groups is 2. The van der Waals surface area contributed by atoms with E-state index in [-0.39, 0.29) is 36.4 Å². The van der Waals surface area contributed by atoms with E-state index in [1.54, 1.807) is 11.0 Å². The van der Waals surface area contributed by atoms with Crippen molar-refractivity contribution in [1.82, 2.24) is 15.5 Å². The summed E-state index contributed by atoms with van der Waals surface area (Å²) in [6.07, 6.45) is -0.145. The number of benzene rings is 1. The van der Waals surface area contributed by atoms with Crippen molar-refractivity contribution in [2.75, 3.05) is 19.7 Å². The Morgan fingerprint density at radius 3 is 2.97 bits per heavy atom. The summed E-state index contributed by atoms with van der Waals surface area (Å²) in [4.78, 5) is 22.7. The van der Waals surface area contributed by atoms with Crippen LogP contribution in [0.15, 0.2) is 23.2 Å². The Morgan fingerprint density at radius 1 is 1.44 bits per heavy atom. The minimum absolute atomic E-state index is 0.0848. The fourth-order valence-electron chi connectivity index (χ4n) is 5.51. The predicted molar refractivity (Wildman–Crippen MR) is 118 cm³/mol. The molecule has 1 unspecified atom stereocenters. The quantitative estimate of drug-likeness (QED) is 0.249. The van der Waals surface area contributed by atoms with Crippen LogP contribution in [0.3, 0.4) is 0 Å². The van der Waals surface area contributed by atoms with Gasteiger partial charge in [0.2, 0.25) is 5.66 Å². The van der Waals surface area contributed by atoms with E-state index in [9.17, 15) is 9.90 Å². The van der Waals surface area contributed by atoms with Crippen LogP contribution in [0.1, 0.15) is 36.2 Å². The second kappa shape index (κ2) is 6.97. The first-order chi connectivity index (χ1) is 15.2. The molecule has 172 valence electrons. The van der Waals surface area contributed by atoms with E-state index < -0.39 is 23.9 Å². The second-order valence-corrected chi connectivity index (χ2v) is 9.58. The summed E-state index contributed by atoms with van der Waals surface area (Å²) in [6.45, 7) is 5.33. The molecule has 11 nitrogen and oxygen atoms in total. The van der Waals surface area contributed by atoms with E-state index >= 15 is 0 Å². The zero-order valence-corrected chi connectivity index (χ0v) is 18.3. The predicted octanol–water partition coefficient (Wildman–Crippen LogP) is -3.76. The highest BCUT2D eigenvalue weighted by Crippen LogP contribution is 2.40. The van der Waals surface area contributed by atoms with E-state index in [0.29, 0.717) is 23.9 Å². The lowest BCUT2D eigenvalue weighted by atomic mass is 9.79. The molecule has 1 fully saturated rings. The van der Waals surface area contributed by atoms with Gasteiger partial charge in [0.25, 0.3) is 5.91 Å². The number of ether oxygens (including phenoxy) is 1. The third-order valence-corrected chi connectivity index (χ3v) is 7.26. The van der Waals surface area contributed by atoms with Crippen LogP contribution in [-0.2, 0) is 5.41 Å². The zero-order valence-electron chi connectivity index (χ0n) is 18.3. The van der Waals surface area contributed by atoms with E-state index in [0.717, 1.165) is 12.0 Å².